The van der Waals surface area contributed by atoms with Gasteiger partial charge in [0.15, 0.2) is 11.6 Å². The Morgan fingerprint density at radius 1 is 1.25 bits per heavy atom. The summed E-state index contributed by atoms with van der Waals surface area (Å²) < 4.78 is 25.8. The average molecular weight is 250 g/mol. The molecule has 0 aromatic heterocycles. The van der Waals surface area contributed by atoms with Crippen LogP contribution in [-0.4, -0.2) is 27.2 Å². The number of phenolic OH excluding ortho intramolecular Hbond substituents is 1. The summed E-state index contributed by atoms with van der Waals surface area (Å²) in [5.74, 6) is -2.65. The second kappa shape index (κ2) is 5.47. The van der Waals surface area contributed by atoms with Crippen molar-refractivity contribution in [2.75, 3.05) is 5.75 Å². The molecule has 16 heavy (non-hydrogen) atoms. The van der Waals surface area contributed by atoms with Gasteiger partial charge in [-0.3, -0.25) is 0 Å². The van der Waals surface area contributed by atoms with Gasteiger partial charge in [0, 0.05) is 11.6 Å². The highest BCUT2D eigenvalue weighted by atomic mass is 32.1. The molecule has 0 radical (unpaired) electrons. The van der Waals surface area contributed by atoms with Crippen molar-refractivity contribution in [3.63, 3.8) is 0 Å². The molecule has 0 aliphatic carbocycles. The lowest BCUT2D eigenvalue weighted by Gasteiger charge is -2.18. The van der Waals surface area contributed by atoms with Gasteiger partial charge < -0.3 is 15.3 Å². The number of aromatic hydroxyl groups is 1. The molecule has 2 unspecified atom stereocenters. The standard InChI is InChI=1S/C10H12F2O3S/c11-5-3-6(9(14)7(12)4-5)10(15)8(13)1-2-16/h3-4,8,10,13-16H,1-2H2. The Kier molecular flexibility index (Phi) is 4.52. The summed E-state index contributed by atoms with van der Waals surface area (Å²) in [6, 6.07) is 1.28. The summed E-state index contributed by atoms with van der Waals surface area (Å²) in [5.41, 5.74) is -0.369. The Morgan fingerprint density at radius 3 is 2.44 bits per heavy atom. The van der Waals surface area contributed by atoms with E-state index in [-0.39, 0.29) is 12.0 Å². The van der Waals surface area contributed by atoms with Crippen LogP contribution in [0, 0.1) is 11.6 Å². The molecule has 0 bridgehead atoms. The molecule has 0 aliphatic heterocycles. The van der Waals surface area contributed by atoms with Crippen molar-refractivity contribution in [2.24, 2.45) is 0 Å². The van der Waals surface area contributed by atoms with Gasteiger partial charge in [-0.15, -0.1) is 0 Å². The zero-order valence-electron chi connectivity index (χ0n) is 8.27. The minimum atomic E-state index is -1.54. The van der Waals surface area contributed by atoms with Crippen LogP contribution in [0.4, 0.5) is 8.78 Å². The monoisotopic (exact) mass is 250 g/mol. The smallest absolute Gasteiger partial charge is 0.168 e. The number of hydrogen-bond acceptors (Lipinski definition) is 4. The molecule has 3 nitrogen and oxygen atoms in total. The molecular formula is C10H12F2O3S. The van der Waals surface area contributed by atoms with Crippen molar-refractivity contribution < 1.29 is 24.1 Å². The van der Waals surface area contributed by atoms with E-state index in [0.717, 1.165) is 6.07 Å². The van der Waals surface area contributed by atoms with Gasteiger partial charge >= 0.3 is 0 Å². The first-order chi connectivity index (χ1) is 7.47. The van der Waals surface area contributed by atoms with Crippen molar-refractivity contribution in [1.29, 1.82) is 0 Å². The fraction of sp³-hybridized carbons (Fsp3) is 0.400. The topological polar surface area (TPSA) is 60.7 Å². The number of thiol groups is 1. The molecule has 0 saturated carbocycles. The van der Waals surface area contributed by atoms with E-state index in [2.05, 4.69) is 12.6 Å². The van der Waals surface area contributed by atoms with Gasteiger partial charge in [0.1, 0.15) is 11.9 Å². The molecule has 0 fully saturated rings. The third-order valence-electron chi connectivity index (χ3n) is 2.17. The molecule has 0 saturated heterocycles. The van der Waals surface area contributed by atoms with Gasteiger partial charge in [-0.25, -0.2) is 8.78 Å². The Labute approximate surface area is 96.8 Å². The highest BCUT2D eigenvalue weighted by Crippen LogP contribution is 2.30. The van der Waals surface area contributed by atoms with Crippen molar-refractivity contribution >= 4 is 12.6 Å². The van der Waals surface area contributed by atoms with Gasteiger partial charge in [-0.05, 0) is 18.2 Å². The zero-order valence-corrected chi connectivity index (χ0v) is 9.16. The van der Waals surface area contributed by atoms with Crippen LogP contribution in [-0.2, 0) is 0 Å². The first-order valence-corrected chi connectivity index (χ1v) is 5.25. The van der Waals surface area contributed by atoms with Crippen LogP contribution in [0.15, 0.2) is 12.1 Å². The van der Waals surface area contributed by atoms with E-state index in [1.807, 2.05) is 0 Å². The van der Waals surface area contributed by atoms with Gasteiger partial charge in [0.2, 0.25) is 0 Å². The number of hydrogen-bond donors (Lipinski definition) is 4. The second-order valence-corrected chi connectivity index (χ2v) is 3.80. The summed E-state index contributed by atoms with van der Waals surface area (Å²) in [6.07, 6.45) is -2.64. The maximum atomic E-state index is 13.0. The summed E-state index contributed by atoms with van der Waals surface area (Å²) in [5, 5.41) is 28.3. The predicted octanol–water partition coefficient (Wildman–Crippen LogP) is 1.38. The maximum Gasteiger partial charge on any atom is 0.168 e. The zero-order chi connectivity index (χ0) is 12.3. The Bertz CT molecular complexity index is 373. The van der Waals surface area contributed by atoms with E-state index in [1.165, 1.54) is 0 Å². The van der Waals surface area contributed by atoms with E-state index in [1.54, 1.807) is 0 Å². The van der Waals surface area contributed by atoms with Crippen molar-refractivity contribution in [3.05, 3.63) is 29.3 Å². The number of aliphatic hydroxyl groups excluding tert-OH is 2. The van der Waals surface area contributed by atoms with Crippen LogP contribution in [0.1, 0.15) is 18.1 Å². The van der Waals surface area contributed by atoms with Crippen LogP contribution >= 0.6 is 12.6 Å². The van der Waals surface area contributed by atoms with Gasteiger partial charge in [-0.2, -0.15) is 12.6 Å². The summed E-state index contributed by atoms with van der Waals surface area (Å²) >= 11 is 3.85. The Hall–Kier alpha value is -0.850. The first-order valence-electron chi connectivity index (χ1n) is 4.62. The maximum absolute atomic E-state index is 13.0. The Morgan fingerprint density at radius 2 is 1.88 bits per heavy atom. The molecule has 3 N–H and O–H groups in total. The van der Waals surface area contributed by atoms with Crippen molar-refractivity contribution in [3.8, 4) is 5.75 Å². The minimum absolute atomic E-state index is 0.141. The van der Waals surface area contributed by atoms with Gasteiger partial charge in [0.25, 0.3) is 0 Å². The largest absolute Gasteiger partial charge is 0.505 e. The minimum Gasteiger partial charge on any atom is -0.505 e. The van der Waals surface area contributed by atoms with Crippen LogP contribution in [0.2, 0.25) is 0 Å². The van der Waals surface area contributed by atoms with Crippen LogP contribution in [0.5, 0.6) is 5.75 Å². The molecule has 0 heterocycles. The lowest BCUT2D eigenvalue weighted by Crippen LogP contribution is -2.19. The Balaban J connectivity index is 3.03. The summed E-state index contributed by atoms with van der Waals surface area (Å²) in [6.45, 7) is 0. The lowest BCUT2D eigenvalue weighted by atomic mass is 10.0. The fourth-order valence-electron chi connectivity index (χ4n) is 1.31. The molecule has 2 atom stereocenters. The lowest BCUT2D eigenvalue weighted by molar-refractivity contribution is 0.0154. The fourth-order valence-corrected chi connectivity index (χ4v) is 1.57. The average Bonchev–Trinajstić information content (AvgIpc) is 2.22. The van der Waals surface area contributed by atoms with E-state index >= 15 is 0 Å². The quantitative estimate of drug-likeness (QED) is 0.611. The molecular weight excluding hydrogens is 238 g/mol. The summed E-state index contributed by atoms with van der Waals surface area (Å²) in [4.78, 5) is 0. The highest BCUT2D eigenvalue weighted by Gasteiger charge is 2.23. The van der Waals surface area contributed by atoms with Crippen molar-refractivity contribution in [1.82, 2.24) is 0 Å². The normalized spacial score (nSPS) is 14.8. The third-order valence-corrected chi connectivity index (χ3v) is 2.42. The van der Waals surface area contributed by atoms with Gasteiger partial charge in [-0.1, -0.05) is 0 Å². The van der Waals surface area contributed by atoms with E-state index in [4.69, 9.17) is 0 Å². The molecule has 1 aromatic carbocycles. The number of rotatable bonds is 4. The third kappa shape index (κ3) is 2.84. The number of benzene rings is 1. The van der Waals surface area contributed by atoms with Crippen LogP contribution in [0.25, 0.3) is 0 Å². The van der Waals surface area contributed by atoms with E-state index < -0.39 is 29.6 Å². The predicted molar refractivity (Wildman–Crippen MR) is 57.5 cm³/mol. The van der Waals surface area contributed by atoms with Gasteiger partial charge in [0.05, 0.1) is 6.10 Å². The number of phenols is 1. The molecule has 0 amide bonds. The first kappa shape index (κ1) is 13.2. The summed E-state index contributed by atoms with van der Waals surface area (Å²) in [7, 11) is 0. The van der Waals surface area contributed by atoms with E-state index in [0.29, 0.717) is 11.8 Å². The number of halogens is 2. The van der Waals surface area contributed by atoms with Crippen LogP contribution < -0.4 is 0 Å². The molecule has 1 aromatic rings. The molecule has 0 spiro atoms. The highest BCUT2D eigenvalue weighted by molar-refractivity contribution is 7.80. The van der Waals surface area contributed by atoms with Crippen molar-refractivity contribution in [2.45, 2.75) is 18.6 Å². The molecule has 1 rings (SSSR count). The van der Waals surface area contributed by atoms with Crippen LogP contribution in [0.3, 0.4) is 0 Å². The number of aliphatic hydroxyl groups is 2. The van der Waals surface area contributed by atoms with E-state index in [9.17, 15) is 24.1 Å². The molecule has 0 aliphatic rings. The SMILES string of the molecule is Oc1c(F)cc(F)cc1C(O)C(O)CCS. The molecule has 6 heteroatoms. The molecule has 90 valence electrons. The second-order valence-electron chi connectivity index (χ2n) is 3.35.